The standard InChI is InChI=1S/C11H11NO4/c1-15-11(14)5-4-10-12-8-3-2-7(13)6-9(8)16-10/h2-3,6,13H,4-5H2,1H3. The van der Waals surface area contributed by atoms with Crippen LogP contribution in [-0.4, -0.2) is 23.2 Å². The summed E-state index contributed by atoms with van der Waals surface area (Å²) >= 11 is 0. The maximum atomic E-state index is 10.9. The number of aromatic nitrogens is 1. The predicted molar refractivity (Wildman–Crippen MR) is 56.0 cm³/mol. The molecular weight excluding hydrogens is 210 g/mol. The van der Waals surface area contributed by atoms with Crippen LogP contribution < -0.4 is 0 Å². The van der Waals surface area contributed by atoms with Gasteiger partial charge in [-0.25, -0.2) is 4.98 Å². The fourth-order valence-electron chi connectivity index (χ4n) is 1.38. The Kier molecular flexibility index (Phi) is 2.76. The first kappa shape index (κ1) is 10.5. The number of phenolic OH excluding ortho intramolecular Hbond substituents is 1. The number of phenols is 1. The van der Waals surface area contributed by atoms with Gasteiger partial charge in [-0.1, -0.05) is 0 Å². The molecule has 0 amide bonds. The van der Waals surface area contributed by atoms with Crippen LogP contribution in [-0.2, 0) is 16.0 Å². The number of aromatic hydroxyl groups is 1. The van der Waals surface area contributed by atoms with Crippen LogP contribution >= 0.6 is 0 Å². The normalized spacial score (nSPS) is 10.6. The van der Waals surface area contributed by atoms with Gasteiger partial charge in [0, 0.05) is 12.5 Å². The van der Waals surface area contributed by atoms with Crippen LogP contribution in [0, 0.1) is 0 Å². The largest absolute Gasteiger partial charge is 0.508 e. The predicted octanol–water partition coefficient (Wildman–Crippen LogP) is 1.64. The van der Waals surface area contributed by atoms with Gasteiger partial charge in [-0.05, 0) is 12.1 Å². The number of carbonyl (C=O) groups excluding carboxylic acids is 1. The van der Waals surface area contributed by atoms with Crippen molar-refractivity contribution in [3.63, 3.8) is 0 Å². The number of fused-ring (bicyclic) bond motifs is 1. The Morgan fingerprint density at radius 2 is 2.38 bits per heavy atom. The van der Waals surface area contributed by atoms with Crippen LogP contribution in [0.15, 0.2) is 22.6 Å². The number of ether oxygens (including phenoxy) is 1. The molecule has 84 valence electrons. The average Bonchev–Trinajstić information content (AvgIpc) is 2.67. The summed E-state index contributed by atoms with van der Waals surface area (Å²) in [7, 11) is 1.34. The van der Waals surface area contributed by atoms with E-state index in [-0.39, 0.29) is 18.1 Å². The zero-order valence-electron chi connectivity index (χ0n) is 8.77. The summed E-state index contributed by atoms with van der Waals surface area (Å²) in [6, 6.07) is 4.69. The van der Waals surface area contributed by atoms with E-state index in [1.807, 2.05) is 0 Å². The van der Waals surface area contributed by atoms with Crippen molar-refractivity contribution in [3.8, 4) is 5.75 Å². The van der Waals surface area contributed by atoms with Gasteiger partial charge >= 0.3 is 5.97 Å². The van der Waals surface area contributed by atoms with Crippen molar-refractivity contribution < 1.29 is 19.1 Å². The molecule has 2 aromatic rings. The summed E-state index contributed by atoms with van der Waals surface area (Å²) in [6.07, 6.45) is 0.622. The van der Waals surface area contributed by atoms with Crippen LogP contribution in [0.2, 0.25) is 0 Å². The van der Waals surface area contributed by atoms with Gasteiger partial charge in [0.25, 0.3) is 0 Å². The molecule has 0 spiro atoms. The highest BCUT2D eigenvalue weighted by atomic mass is 16.5. The minimum absolute atomic E-state index is 0.128. The number of hydrogen-bond donors (Lipinski definition) is 1. The fourth-order valence-corrected chi connectivity index (χ4v) is 1.38. The molecule has 1 heterocycles. The number of methoxy groups -OCH3 is 1. The average molecular weight is 221 g/mol. The van der Waals surface area contributed by atoms with Gasteiger partial charge in [0.05, 0.1) is 13.5 Å². The highest BCUT2D eigenvalue weighted by molar-refractivity contribution is 5.74. The van der Waals surface area contributed by atoms with E-state index in [1.54, 1.807) is 6.07 Å². The number of esters is 1. The van der Waals surface area contributed by atoms with E-state index < -0.39 is 0 Å². The highest BCUT2D eigenvalue weighted by Gasteiger charge is 2.08. The van der Waals surface area contributed by atoms with E-state index in [0.717, 1.165) is 0 Å². The zero-order chi connectivity index (χ0) is 11.5. The lowest BCUT2D eigenvalue weighted by molar-refractivity contribution is -0.140. The third kappa shape index (κ3) is 2.13. The number of nitrogens with zero attached hydrogens (tertiary/aromatic N) is 1. The Balaban J connectivity index is 2.16. The Labute approximate surface area is 91.7 Å². The van der Waals surface area contributed by atoms with Crippen LogP contribution in [0.1, 0.15) is 12.3 Å². The molecule has 0 bridgehead atoms. The summed E-state index contributed by atoms with van der Waals surface area (Å²) in [5.41, 5.74) is 1.18. The second kappa shape index (κ2) is 4.22. The Bertz CT molecular complexity index is 518. The van der Waals surface area contributed by atoms with Gasteiger partial charge in [0.1, 0.15) is 11.3 Å². The van der Waals surface area contributed by atoms with Crippen molar-refractivity contribution >= 4 is 17.1 Å². The molecule has 0 atom stereocenters. The van der Waals surface area contributed by atoms with Crippen LogP contribution in [0.25, 0.3) is 11.1 Å². The molecule has 16 heavy (non-hydrogen) atoms. The monoisotopic (exact) mass is 221 g/mol. The first-order valence-corrected chi connectivity index (χ1v) is 4.84. The zero-order valence-corrected chi connectivity index (χ0v) is 8.77. The SMILES string of the molecule is COC(=O)CCc1nc2ccc(O)cc2o1. The molecule has 0 aliphatic rings. The molecule has 0 radical (unpaired) electrons. The van der Waals surface area contributed by atoms with Crippen LogP contribution in [0.3, 0.4) is 0 Å². The molecule has 0 fully saturated rings. The third-order valence-corrected chi connectivity index (χ3v) is 2.19. The number of hydrogen-bond acceptors (Lipinski definition) is 5. The lowest BCUT2D eigenvalue weighted by atomic mass is 10.3. The molecule has 5 heteroatoms. The summed E-state index contributed by atoms with van der Waals surface area (Å²) in [4.78, 5) is 15.1. The van der Waals surface area contributed by atoms with Crippen molar-refractivity contribution in [2.24, 2.45) is 0 Å². The van der Waals surface area contributed by atoms with Crippen molar-refractivity contribution in [3.05, 3.63) is 24.1 Å². The van der Waals surface area contributed by atoms with Crippen molar-refractivity contribution in [2.75, 3.05) is 7.11 Å². The Morgan fingerprint density at radius 1 is 1.56 bits per heavy atom. The van der Waals surface area contributed by atoms with E-state index in [1.165, 1.54) is 19.2 Å². The van der Waals surface area contributed by atoms with E-state index in [9.17, 15) is 9.90 Å². The Morgan fingerprint density at radius 3 is 3.12 bits per heavy atom. The van der Waals surface area contributed by atoms with Crippen molar-refractivity contribution in [2.45, 2.75) is 12.8 Å². The van der Waals surface area contributed by atoms with Gasteiger partial charge in [0.2, 0.25) is 0 Å². The number of benzene rings is 1. The number of rotatable bonds is 3. The maximum Gasteiger partial charge on any atom is 0.306 e. The quantitative estimate of drug-likeness (QED) is 0.797. The smallest absolute Gasteiger partial charge is 0.306 e. The number of oxazole rings is 1. The molecule has 0 saturated carbocycles. The lowest BCUT2D eigenvalue weighted by Crippen LogP contribution is -2.01. The topological polar surface area (TPSA) is 72.6 Å². The molecule has 0 saturated heterocycles. The molecule has 1 aromatic carbocycles. The van der Waals surface area contributed by atoms with E-state index in [4.69, 9.17) is 4.42 Å². The molecule has 0 aliphatic carbocycles. The van der Waals surface area contributed by atoms with Gasteiger partial charge in [0.15, 0.2) is 11.5 Å². The van der Waals surface area contributed by atoms with Gasteiger partial charge in [-0.2, -0.15) is 0 Å². The maximum absolute atomic E-state index is 10.9. The first-order valence-electron chi connectivity index (χ1n) is 4.84. The second-order valence-corrected chi connectivity index (χ2v) is 3.34. The number of aryl methyl sites for hydroxylation is 1. The van der Waals surface area contributed by atoms with Crippen molar-refractivity contribution in [1.82, 2.24) is 4.98 Å². The molecule has 0 unspecified atom stereocenters. The van der Waals surface area contributed by atoms with E-state index in [0.29, 0.717) is 23.4 Å². The fraction of sp³-hybridized carbons (Fsp3) is 0.273. The van der Waals surface area contributed by atoms with Crippen LogP contribution in [0.4, 0.5) is 0 Å². The van der Waals surface area contributed by atoms with Crippen molar-refractivity contribution in [1.29, 1.82) is 0 Å². The summed E-state index contributed by atoms with van der Waals surface area (Å²) in [5, 5.41) is 9.23. The summed E-state index contributed by atoms with van der Waals surface area (Å²) in [5.74, 6) is 0.291. The molecule has 2 rings (SSSR count). The second-order valence-electron chi connectivity index (χ2n) is 3.34. The highest BCUT2D eigenvalue weighted by Crippen LogP contribution is 2.21. The summed E-state index contributed by atoms with van der Waals surface area (Å²) < 4.78 is 9.88. The van der Waals surface area contributed by atoms with Gasteiger partial charge < -0.3 is 14.3 Å². The molecule has 1 aromatic heterocycles. The third-order valence-electron chi connectivity index (χ3n) is 2.19. The molecular formula is C11H11NO4. The molecule has 0 aliphatic heterocycles. The lowest BCUT2D eigenvalue weighted by Gasteiger charge is -1.94. The molecule has 5 nitrogen and oxygen atoms in total. The van der Waals surface area contributed by atoms with E-state index in [2.05, 4.69) is 9.72 Å². The summed E-state index contributed by atoms with van der Waals surface area (Å²) in [6.45, 7) is 0. The minimum Gasteiger partial charge on any atom is -0.508 e. The van der Waals surface area contributed by atoms with E-state index >= 15 is 0 Å². The first-order chi connectivity index (χ1) is 7.69. The number of carbonyl (C=O) groups is 1. The van der Waals surface area contributed by atoms with Gasteiger partial charge in [-0.15, -0.1) is 0 Å². The molecule has 1 N–H and O–H groups in total. The Hall–Kier alpha value is -2.04. The van der Waals surface area contributed by atoms with Gasteiger partial charge in [-0.3, -0.25) is 4.79 Å². The minimum atomic E-state index is -0.301. The van der Waals surface area contributed by atoms with Crippen LogP contribution in [0.5, 0.6) is 5.75 Å².